The van der Waals surface area contributed by atoms with Gasteiger partial charge in [0.05, 0.1) is 18.4 Å². The number of rotatable bonds is 6. The molecule has 1 amide bonds. The molecule has 0 aliphatic carbocycles. The molecule has 1 aliphatic heterocycles. The van der Waals surface area contributed by atoms with E-state index in [1.54, 1.807) is 12.3 Å². The van der Waals surface area contributed by atoms with E-state index in [0.717, 1.165) is 56.3 Å². The molecule has 3 heterocycles. The molecule has 166 valence electrons. The summed E-state index contributed by atoms with van der Waals surface area (Å²) in [7, 11) is 0. The molecular formula is C23H21F3N4O2. The third-order valence-corrected chi connectivity index (χ3v) is 5.24. The smallest absolute Gasteiger partial charge is 0.274 e. The Morgan fingerprint density at radius 3 is 2.56 bits per heavy atom. The summed E-state index contributed by atoms with van der Waals surface area (Å²) >= 11 is 0. The average molecular weight is 442 g/mol. The molecule has 0 saturated carbocycles. The summed E-state index contributed by atoms with van der Waals surface area (Å²) in [4.78, 5) is 20.6. The molecule has 32 heavy (non-hydrogen) atoms. The van der Waals surface area contributed by atoms with E-state index < -0.39 is 34.6 Å². The van der Waals surface area contributed by atoms with Gasteiger partial charge in [0, 0.05) is 12.3 Å². The van der Waals surface area contributed by atoms with Gasteiger partial charge in [-0.05, 0) is 56.1 Å². The lowest BCUT2D eigenvalue weighted by Gasteiger charge is -2.23. The van der Waals surface area contributed by atoms with Crippen molar-refractivity contribution >= 4 is 11.6 Å². The molecule has 4 rings (SSSR count). The zero-order valence-electron chi connectivity index (χ0n) is 17.1. The first kappa shape index (κ1) is 21.8. The van der Waals surface area contributed by atoms with Crippen LogP contribution in [-0.4, -0.2) is 35.6 Å². The third-order valence-electron chi connectivity index (χ3n) is 5.24. The highest BCUT2D eigenvalue weighted by atomic mass is 19.1. The molecule has 2 aromatic heterocycles. The second-order valence-corrected chi connectivity index (χ2v) is 7.45. The van der Waals surface area contributed by atoms with Crippen LogP contribution in [-0.2, 0) is 0 Å². The molecule has 0 bridgehead atoms. The highest BCUT2D eigenvalue weighted by Gasteiger charge is 2.20. The number of halogens is 3. The van der Waals surface area contributed by atoms with Crippen LogP contribution in [0.5, 0.6) is 5.75 Å². The minimum absolute atomic E-state index is 0.211. The fourth-order valence-corrected chi connectivity index (χ4v) is 3.51. The van der Waals surface area contributed by atoms with Crippen LogP contribution in [0, 0.1) is 23.4 Å². The number of amides is 1. The van der Waals surface area contributed by atoms with E-state index in [9.17, 15) is 18.0 Å². The maximum atomic E-state index is 14.3. The number of hydrogen-bond donors (Lipinski definition) is 2. The van der Waals surface area contributed by atoms with E-state index in [2.05, 4.69) is 20.6 Å². The minimum atomic E-state index is -0.977. The van der Waals surface area contributed by atoms with E-state index in [1.807, 2.05) is 0 Å². The van der Waals surface area contributed by atoms with Gasteiger partial charge in [-0.3, -0.25) is 9.78 Å². The van der Waals surface area contributed by atoms with Crippen LogP contribution in [0.4, 0.5) is 18.9 Å². The van der Waals surface area contributed by atoms with Gasteiger partial charge in [0.2, 0.25) is 0 Å². The van der Waals surface area contributed by atoms with Crippen molar-refractivity contribution in [2.75, 3.05) is 25.0 Å². The topological polar surface area (TPSA) is 76.1 Å². The lowest BCUT2D eigenvalue weighted by molar-refractivity contribution is 0.102. The van der Waals surface area contributed by atoms with Crippen molar-refractivity contribution in [2.24, 2.45) is 5.92 Å². The number of ether oxygens (including phenoxy) is 1. The summed E-state index contributed by atoms with van der Waals surface area (Å²) in [5.41, 5.74) is -1.11. The molecule has 0 radical (unpaired) electrons. The third kappa shape index (κ3) is 4.88. The number of pyridine rings is 2. The zero-order valence-corrected chi connectivity index (χ0v) is 17.1. The van der Waals surface area contributed by atoms with E-state index in [1.165, 1.54) is 6.20 Å². The highest BCUT2D eigenvalue weighted by molar-refractivity contribution is 6.03. The zero-order chi connectivity index (χ0) is 22.5. The summed E-state index contributed by atoms with van der Waals surface area (Å²) in [6.07, 6.45) is 4.97. The number of aromatic nitrogens is 2. The van der Waals surface area contributed by atoms with Crippen LogP contribution in [0.2, 0.25) is 0 Å². The molecule has 0 unspecified atom stereocenters. The Balaban J connectivity index is 1.54. The molecule has 9 heteroatoms. The first-order valence-electron chi connectivity index (χ1n) is 10.2. The van der Waals surface area contributed by atoms with Gasteiger partial charge in [0.15, 0.2) is 0 Å². The molecule has 1 saturated heterocycles. The molecule has 1 fully saturated rings. The first-order chi connectivity index (χ1) is 15.5. The van der Waals surface area contributed by atoms with Crippen LogP contribution < -0.4 is 15.4 Å². The lowest BCUT2D eigenvalue weighted by atomic mass is 9.99. The summed E-state index contributed by atoms with van der Waals surface area (Å²) in [5, 5.41) is 5.92. The number of benzene rings is 1. The van der Waals surface area contributed by atoms with Crippen molar-refractivity contribution in [3.63, 3.8) is 0 Å². The van der Waals surface area contributed by atoms with Crippen LogP contribution in [0.25, 0.3) is 11.3 Å². The van der Waals surface area contributed by atoms with Crippen molar-refractivity contribution in [3.8, 4) is 17.0 Å². The molecular weight excluding hydrogens is 421 g/mol. The quantitative estimate of drug-likeness (QED) is 0.599. The van der Waals surface area contributed by atoms with Crippen LogP contribution in [0.1, 0.15) is 23.3 Å². The van der Waals surface area contributed by atoms with Gasteiger partial charge in [-0.15, -0.1) is 0 Å². The predicted molar refractivity (Wildman–Crippen MR) is 113 cm³/mol. The average Bonchev–Trinajstić information content (AvgIpc) is 2.80. The fourth-order valence-electron chi connectivity index (χ4n) is 3.51. The fraction of sp³-hybridized carbons (Fsp3) is 0.261. The summed E-state index contributed by atoms with van der Waals surface area (Å²) in [6.45, 7) is 2.38. The molecule has 1 aliphatic rings. The van der Waals surface area contributed by atoms with Crippen molar-refractivity contribution in [2.45, 2.75) is 12.8 Å². The van der Waals surface area contributed by atoms with Gasteiger partial charge in [-0.1, -0.05) is 6.07 Å². The molecule has 3 aromatic rings. The van der Waals surface area contributed by atoms with Crippen molar-refractivity contribution in [1.29, 1.82) is 0 Å². The van der Waals surface area contributed by atoms with Gasteiger partial charge in [-0.25, -0.2) is 18.2 Å². The minimum Gasteiger partial charge on any atom is -0.491 e. The first-order valence-corrected chi connectivity index (χ1v) is 10.2. The number of carbonyl (C=O) groups is 1. The number of hydrogen-bond acceptors (Lipinski definition) is 5. The Morgan fingerprint density at radius 2 is 1.81 bits per heavy atom. The molecule has 2 N–H and O–H groups in total. The molecule has 6 nitrogen and oxygen atoms in total. The lowest BCUT2D eigenvalue weighted by Crippen LogP contribution is -2.30. The van der Waals surface area contributed by atoms with E-state index in [0.29, 0.717) is 24.0 Å². The Labute approximate surface area is 182 Å². The number of piperidine rings is 1. The number of carbonyl (C=O) groups excluding carboxylic acids is 1. The predicted octanol–water partition coefficient (Wildman–Crippen LogP) is 4.19. The molecule has 1 aromatic carbocycles. The summed E-state index contributed by atoms with van der Waals surface area (Å²) in [5.74, 6) is -2.75. The monoisotopic (exact) mass is 442 g/mol. The SMILES string of the molecule is O=C(Nc1cnccc1OCC1CCNCC1)c1ccc(F)c(-c2c(F)cccc2F)n1. The standard InChI is InChI=1S/C23H21F3N4O2/c24-15-2-1-3-16(25)21(15)22-17(26)4-5-18(29-22)23(31)30-19-12-28-11-8-20(19)32-13-14-6-9-27-10-7-14/h1-5,8,11-12,14,27H,6-7,9-10,13H2,(H,30,31). The van der Waals surface area contributed by atoms with Gasteiger partial charge in [0.1, 0.15) is 40.3 Å². The van der Waals surface area contributed by atoms with Crippen LogP contribution in [0.3, 0.4) is 0 Å². The van der Waals surface area contributed by atoms with Crippen molar-refractivity contribution < 1.29 is 22.7 Å². The van der Waals surface area contributed by atoms with Gasteiger partial charge >= 0.3 is 0 Å². The van der Waals surface area contributed by atoms with E-state index in [-0.39, 0.29) is 5.69 Å². The van der Waals surface area contributed by atoms with Crippen LogP contribution in [0.15, 0.2) is 48.8 Å². The second kappa shape index (κ2) is 9.78. The van der Waals surface area contributed by atoms with E-state index in [4.69, 9.17) is 4.74 Å². The Hall–Kier alpha value is -3.46. The summed E-state index contributed by atoms with van der Waals surface area (Å²) in [6, 6.07) is 6.87. The summed E-state index contributed by atoms with van der Waals surface area (Å²) < 4.78 is 48.4. The van der Waals surface area contributed by atoms with Gasteiger partial charge in [0.25, 0.3) is 5.91 Å². The maximum Gasteiger partial charge on any atom is 0.274 e. The Morgan fingerprint density at radius 1 is 1.06 bits per heavy atom. The van der Waals surface area contributed by atoms with Crippen LogP contribution >= 0.6 is 0 Å². The van der Waals surface area contributed by atoms with Gasteiger partial charge in [-0.2, -0.15) is 0 Å². The highest BCUT2D eigenvalue weighted by Crippen LogP contribution is 2.28. The van der Waals surface area contributed by atoms with Gasteiger partial charge < -0.3 is 15.4 Å². The van der Waals surface area contributed by atoms with Crippen molar-refractivity contribution in [1.82, 2.24) is 15.3 Å². The maximum absolute atomic E-state index is 14.3. The number of anilines is 1. The molecule has 0 spiro atoms. The normalized spacial score (nSPS) is 14.2. The van der Waals surface area contributed by atoms with Crippen molar-refractivity contribution in [3.05, 3.63) is 71.9 Å². The van der Waals surface area contributed by atoms with E-state index >= 15 is 0 Å². The number of nitrogens with zero attached hydrogens (tertiary/aromatic N) is 2. The molecule has 0 atom stereocenters. The Bertz CT molecular complexity index is 1100. The largest absolute Gasteiger partial charge is 0.491 e. The number of nitrogens with one attached hydrogen (secondary N) is 2. The Kier molecular flexibility index (Phi) is 6.65. The second-order valence-electron chi connectivity index (χ2n) is 7.45.